The molecule has 1 aliphatic carbocycles. The SMILES string of the molecule is COCCN(CC(C)C)C(=O)c1cccc(NC(=O)C2CCCCC2)c1. The van der Waals surface area contributed by atoms with E-state index in [1.54, 1.807) is 19.2 Å². The third-order valence-electron chi connectivity index (χ3n) is 4.79. The summed E-state index contributed by atoms with van der Waals surface area (Å²) < 4.78 is 5.13. The summed E-state index contributed by atoms with van der Waals surface area (Å²) in [6, 6.07) is 7.26. The molecule has 0 bridgehead atoms. The van der Waals surface area contributed by atoms with E-state index in [2.05, 4.69) is 19.2 Å². The Morgan fingerprint density at radius 3 is 2.62 bits per heavy atom. The van der Waals surface area contributed by atoms with Gasteiger partial charge in [-0.3, -0.25) is 9.59 Å². The van der Waals surface area contributed by atoms with Gasteiger partial charge in [-0.05, 0) is 37.0 Å². The van der Waals surface area contributed by atoms with Gasteiger partial charge in [0.2, 0.25) is 5.91 Å². The molecule has 1 aromatic rings. The molecule has 0 radical (unpaired) electrons. The van der Waals surface area contributed by atoms with Crippen LogP contribution in [0.1, 0.15) is 56.3 Å². The predicted molar refractivity (Wildman–Crippen MR) is 104 cm³/mol. The minimum Gasteiger partial charge on any atom is -0.383 e. The lowest BCUT2D eigenvalue weighted by molar-refractivity contribution is -0.120. The van der Waals surface area contributed by atoms with E-state index in [0.29, 0.717) is 36.9 Å². The van der Waals surface area contributed by atoms with Crippen molar-refractivity contribution in [1.82, 2.24) is 4.90 Å². The lowest BCUT2D eigenvalue weighted by Crippen LogP contribution is -2.36. The minimum absolute atomic E-state index is 0.0236. The molecule has 144 valence electrons. The zero-order chi connectivity index (χ0) is 18.9. The smallest absolute Gasteiger partial charge is 0.254 e. The maximum absolute atomic E-state index is 12.9. The maximum atomic E-state index is 12.9. The van der Waals surface area contributed by atoms with Crippen molar-refractivity contribution in [3.05, 3.63) is 29.8 Å². The predicted octanol–water partition coefficient (Wildman–Crippen LogP) is 3.95. The molecule has 0 unspecified atom stereocenters. The standard InChI is InChI=1S/C21H32N2O3/c1-16(2)15-23(12-13-26-3)21(25)18-10-7-11-19(14-18)22-20(24)17-8-5-4-6-9-17/h7,10-11,14,16-17H,4-6,8-9,12-13,15H2,1-3H3,(H,22,24). The van der Waals surface area contributed by atoms with Crippen LogP contribution in [0.15, 0.2) is 24.3 Å². The molecule has 0 spiro atoms. The molecule has 26 heavy (non-hydrogen) atoms. The maximum Gasteiger partial charge on any atom is 0.254 e. The molecule has 5 nitrogen and oxygen atoms in total. The van der Waals surface area contributed by atoms with Gasteiger partial charge in [0.05, 0.1) is 6.61 Å². The summed E-state index contributed by atoms with van der Waals surface area (Å²) in [7, 11) is 1.64. The van der Waals surface area contributed by atoms with Gasteiger partial charge in [-0.25, -0.2) is 0 Å². The Labute approximate surface area is 157 Å². The molecule has 2 amide bonds. The fourth-order valence-corrected chi connectivity index (χ4v) is 3.44. The lowest BCUT2D eigenvalue weighted by Gasteiger charge is -2.25. The van der Waals surface area contributed by atoms with Crippen LogP contribution in [0.5, 0.6) is 0 Å². The third kappa shape index (κ3) is 6.13. The molecule has 1 N–H and O–H groups in total. The van der Waals surface area contributed by atoms with E-state index in [0.717, 1.165) is 25.7 Å². The Kier molecular flexibility index (Phi) is 8.10. The van der Waals surface area contributed by atoms with Crippen LogP contribution in [0.4, 0.5) is 5.69 Å². The zero-order valence-corrected chi connectivity index (χ0v) is 16.3. The number of carbonyl (C=O) groups excluding carboxylic acids is 2. The number of nitrogens with zero attached hydrogens (tertiary/aromatic N) is 1. The van der Waals surface area contributed by atoms with E-state index >= 15 is 0 Å². The molecule has 0 atom stereocenters. The monoisotopic (exact) mass is 360 g/mol. The zero-order valence-electron chi connectivity index (χ0n) is 16.3. The molecule has 1 fully saturated rings. The Hall–Kier alpha value is -1.88. The van der Waals surface area contributed by atoms with Gasteiger partial charge in [0.1, 0.15) is 0 Å². The highest BCUT2D eigenvalue weighted by Crippen LogP contribution is 2.25. The van der Waals surface area contributed by atoms with Crippen molar-refractivity contribution < 1.29 is 14.3 Å². The minimum atomic E-state index is -0.0236. The van der Waals surface area contributed by atoms with Gasteiger partial charge >= 0.3 is 0 Å². The molecule has 0 saturated heterocycles. The second kappa shape index (κ2) is 10.3. The van der Waals surface area contributed by atoms with E-state index in [1.165, 1.54) is 6.42 Å². The summed E-state index contributed by atoms with van der Waals surface area (Å²) >= 11 is 0. The van der Waals surface area contributed by atoms with Gasteiger partial charge < -0.3 is 15.0 Å². The Balaban J connectivity index is 2.05. The molecular formula is C21H32N2O3. The van der Waals surface area contributed by atoms with E-state index in [1.807, 2.05) is 17.0 Å². The first-order valence-electron chi connectivity index (χ1n) is 9.70. The average molecular weight is 360 g/mol. The summed E-state index contributed by atoms with van der Waals surface area (Å²) in [6.07, 6.45) is 5.40. The van der Waals surface area contributed by atoms with Crippen LogP contribution in [0, 0.1) is 11.8 Å². The first-order chi connectivity index (χ1) is 12.5. The van der Waals surface area contributed by atoms with Crippen LogP contribution < -0.4 is 5.32 Å². The largest absolute Gasteiger partial charge is 0.383 e. The number of methoxy groups -OCH3 is 1. The molecule has 1 aromatic carbocycles. The topological polar surface area (TPSA) is 58.6 Å². The van der Waals surface area contributed by atoms with Crippen molar-refractivity contribution >= 4 is 17.5 Å². The number of anilines is 1. The molecule has 0 heterocycles. The van der Waals surface area contributed by atoms with Gasteiger partial charge in [0.25, 0.3) is 5.91 Å². The lowest BCUT2D eigenvalue weighted by atomic mass is 9.88. The van der Waals surface area contributed by atoms with Crippen LogP contribution >= 0.6 is 0 Å². The Morgan fingerprint density at radius 1 is 1.23 bits per heavy atom. The van der Waals surface area contributed by atoms with E-state index in [4.69, 9.17) is 4.74 Å². The number of nitrogens with one attached hydrogen (secondary N) is 1. The number of hydrogen-bond acceptors (Lipinski definition) is 3. The van der Waals surface area contributed by atoms with Gasteiger partial charge in [0, 0.05) is 37.4 Å². The van der Waals surface area contributed by atoms with Gasteiger partial charge in [-0.1, -0.05) is 39.2 Å². The molecule has 0 aliphatic heterocycles. The Bertz CT molecular complexity index is 595. The molecule has 0 aromatic heterocycles. The number of ether oxygens (including phenoxy) is 1. The fourth-order valence-electron chi connectivity index (χ4n) is 3.44. The Morgan fingerprint density at radius 2 is 1.96 bits per heavy atom. The summed E-state index contributed by atoms with van der Waals surface area (Å²) in [4.78, 5) is 27.1. The van der Waals surface area contributed by atoms with Crippen LogP contribution in [0.2, 0.25) is 0 Å². The van der Waals surface area contributed by atoms with Crippen molar-refractivity contribution in [2.45, 2.75) is 46.0 Å². The average Bonchev–Trinajstić information content (AvgIpc) is 2.65. The second-order valence-electron chi connectivity index (χ2n) is 7.54. The van der Waals surface area contributed by atoms with Crippen molar-refractivity contribution in [3.63, 3.8) is 0 Å². The van der Waals surface area contributed by atoms with E-state index in [-0.39, 0.29) is 17.7 Å². The number of hydrogen-bond donors (Lipinski definition) is 1. The second-order valence-corrected chi connectivity index (χ2v) is 7.54. The summed E-state index contributed by atoms with van der Waals surface area (Å²) in [5, 5.41) is 3.00. The van der Waals surface area contributed by atoms with Gasteiger partial charge in [-0.2, -0.15) is 0 Å². The molecule has 5 heteroatoms. The number of benzene rings is 1. The van der Waals surface area contributed by atoms with Gasteiger partial charge in [-0.15, -0.1) is 0 Å². The summed E-state index contributed by atoms with van der Waals surface area (Å²) in [5.41, 5.74) is 1.30. The van der Waals surface area contributed by atoms with Crippen molar-refractivity contribution in [1.29, 1.82) is 0 Å². The highest BCUT2D eigenvalue weighted by atomic mass is 16.5. The fraction of sp³-hybridized carbons (Fsp3) is 0.619. The van der Waals surface area contributed by atoms with Crippen molar-refractivity contribution in [2.24, 2.45) is 11.8 Å². The highest BCUT2D eigenvalue weighted by Gasteiger charge is 2.22. The number of rotatable bonds is 8. The quantitative estimate of drug-likeness (QED) is 0.764. The number of amides is 2. The third-order valence-corrected chi connectivity index (χ3v) is 4.79. The van der Waals surface area contributed by atoms with E-state index < -0.39 is 0 Å². The van der Waals surface area contributed by atoms with Crippen LogP contribution in [0.3, 0.4) is 0 Å². The summed E-state index contributed by atoms with van der Waals surface area (Å²) in [5.74, 6) is 0.532. The van der Waals surface area contributed by atoms with Crippen LogP contribution in [-0.4, -0.2) is 43.5 Å². The van der Waals surface area contributed by atoms with Crippen LogP contribution in [0.25, 0.3) is 0 Å². The van der Waals surface area contributed by atoms with E-state index in [9.17, 15) is 9.59 Å². The van der Waals surface area contributed by atoms with Crippen LogP contribution in [-0.2, 0) is 9.53 Å². The van der Waals surface area contributed by atoms with Gasteiger partial charge in [0.15, 0.2) is 0 Å². The highest BCUT2D eigenvalue weighted by molar-refractivity contribution is 5.97. The van der Waals surface area contributed by atoms with Crippen molar-refractivity contribution in [2.75, 3.05) is 32.1 Å². The molecule has 2 rings (SSSR count). The first kappa shape index (κ1) is 20.4. The molecule has 1 saturated carbocycles. The van der Waals surface area contributed by atoms with Crippen molar-refractivity contribution in [3.8, 4) is 0 Å². The number of carbonyl (C=O) groups is 2. The molecule has 1 aliphatic rings. The molecular weight excluding hydrogens is 328 g/mol. The normalized spacial score (nSPS) is 15.1. The summed E-state index contributed by atoms with van der Waals surface area (Å²) in [6.45, 7) is 5.94. The first-order valence-corrected chi connectivity index (χ1v) is 9.70.